The Kier molecular flexibility index (Phi) is 4.46. The average molecular weight is 297 g/mol. The van der Waals surface area contributed by atoms with Gasteiger partial charge in [-0.25, -0.2) is 0 Å². The summed E-state index contributed by atoms with van der Waals surface area (Å²) in [5.74, 6) is 0.902. The minimum atomic E-state index is -0.0177. The molecule has 3 atom stereocenters. The molecule has 1 fully saturated rings. The van der Waals surface area contributed by atoms with Crippen LogP contribution in [0.15, 0.2) is 54.6 Å². The van der Waals surface area contributed by atoms with Crippen molar-refractivity contribution < 1.29 is 9.47 Å². The summed E-state index contributed by atoms with van der Waals surface area (Å²) < 4.78 is 11.9. The van der Waals surface area contributed by atoms with E-state index >= 15 is 0 Å². The minimum Gasteiger partial charge on any atom is -0.494 e. The lowest BCUT2D eigenvalue weighted by molar-refractivity contribution is 0.00557. The first-order chi connectivity index (χ1) is 10.7. The van der Waals surface area contributed by atoms with Crippen LogP contribution in [0.1, 0.15) is 37.3 Å². The topological polar surface area (TPSA) is 21.7 Å². The fraction of sp³-hybridized carbons (Fsp3) is 0.368. The summed E-state index contributed by atoms with van der Waals surface area (Å²) >= 11 is 0. The molecule has 1 aliphatic rings. The highest BCUT2D eigenvalue weighted by atomic mass is 16.5. The highest BCUT2D eigenvalue weighted by Gasteiger charge is 2.38. The van der Waals surface area contributed by atoms with Gasteiger partial charge >= 0.3 is 0 Å². The van der Waals surface area contributed by atoms with E-state index in [4.69, 9.17) is 9.47 Å². The second-order valence-electron chi connectivity index (χ2n) is 5.73. The zero-order chi connectivity index (χ0) is 15.5. The molecule has 0 amide bonds. The highest BCUT2D eigenvalue weighted by Crippen LogP contribution is 2.41. The molecule has 1 aliphatic heterocycles. The molecule has 0 aliphatic carbocycles. The summed E-state index contributed by atoms with van der Waals surface area (Å²) in [6.07, 6.45) is 0.0821. The third-order valence-electron chi connectivity index (χ3n) is 4.33. The molecule has 116 valence electrons. The zero-order valence-corrected chi connectivity index (χ0v) is 13.4. The van der Waals surface area contributed by atoms with Gasteiger partial charge in [0.2, 0.25) is 0 Å². The van der Waals surface area contributed by atoms with Crippen molar-refractivity contribution in [3.05, 3.63) is 65.7 Å². The summed E-state index contributed by atoms with van der Waals surface area (Å²) in [6, 6.07) is 19.0. The number of likely N-dealkylation sites (N-methyl/N-ethyl adjacent to an activating group) is 1. The molecule has 2 aromatic rings. The molecule has 1 heterocycles. The van der Waals surface area contributed by atoms with E-state index in [0.717, 1.165) is 11.3 Å². The number of hydrogen-bond donors (Lipinski definition) is 0. The molecule has 0 radical (unpaired) electrons. The summed E-state index contributed by atoms with van der Waals surface area (Å²) in [5.41, 5.74) is 2.39. The van der Waals surface area contributed by atoms with E-state index < -0.39 is 0 Å². The lowest BCUT2D eigenvalue weighted by atomic mass is 10.0. The van der Waals surface area contributed by atoms with E-state index in [2.05, 4.69) is 55.3 Å². The maximum Gasteiger partial charge on any atom is 0.137 e. The maximum atomic E-state index is 6.34. The second kappa shape index (κ2) is 6.51. The molecule has 3 nitrogen and oxygen atoms in total. The summed E-state index contributed by atoms with van der Waals surface area (Å²) in [7, 11) is 2.12. The Hall–Kier alpha value is -1.84. The molecular formula is C19H23NO2. The molecule has 0 N–H and O–H groups in total. The van der Waals surface area contributed by atoms with E-state index in [1.807, 2.05) is 25.1 Å². The number of benzene rings is 2. The summed E-state index contributed by atoms with van der Waals surface area (Å²) in [6.45, 7) is 4.90. The Morgan fingerprint density at radius 1 is 1.00 bits per heavy atom. The van der Waals surface area contributed by atoms with Crippen molar-refractivity contribution >= 4 is 0 Å². The van der Waals surface area contributed by atoms with Crippen LogP contribution in [-0.2, 0) is 4.74 Å². The van der Waals surface area contributed by atoms with Crippen LogP contribution in [0.4, 0.5) is 0 Å². The van der Waals surface area contributed by atoms with Crippen molar-refractivity contribution in [3.63, 3.8) is 0 Å². The van der Waals surface area contributed by atoms with Gasteiger partial charge in [-0.2, -0.15) is 0 Å². The lowest BCUT2D eigenvalue weighted by Gasteiger charge is -2.21. The molecule has 22 heavy (non-hydrogen) atoms. The van der Waals surface area contributed by atoms with Crippen LogP contribution in [0.3, 0.4) is 0 Å². The van der Waals surface area contributed by atoms with Gasteiger partial charge in [-0.15, -0.1) is 0 Å². The normalized spacial score (nSPS) is 25.3. The Morgan fingerprint density at radius 3 is 2.32 bits per heavy atom. The third-order valence-corrected chi connectivity index (χ3v) is 4.33. The number of ether oxygens (including phenoxy) is 2. The SMILES string of the molecule is CCOc1ccc(C2OC(c3ccccc3)C(C)N2C)cc1. The van der Waals surface area contributed by atoms with E-state index in [0.29, 0.717) is 12.6 Å². The molecule has 3 unspecified atom stereocenters. The van der Waals surface area contributed by atoms with E-state index in [9.17, 15) is 0 Å². The Morgan fingerprint density at radius 2 is 1.68 bits per heavy atom. The van der Waals surface area contributed by atoms with Crippen LogP contribution >= 0.6 is 0 Å². The first-order valence-electron chi connectivity index (χ1n) is 7.86. The van der Waals surface area contributed by atoms with Gasteiger partial charge in [0, 0.05) is 6.04 Å². The molecule has 1 saturated heterocycles. The van der Waals surface area contributed by atoms with Crippen LogP contribution in [0.2, 0.25) is 0 Å². The van der Waals surface area contributed by atoms with Gasteiger partial charge in [-0.3, -0.25) is 4.90 Å². The summed E-state index contributed by atoms with van der Waals surface area (Å²) in [5, 5.41) is 0. The fourth-order valence-electron chi connectivity index (χ4n) is 2.98. The smallest absolute Gasteiger partial charge is 0.137 e. The molecule has 2 aromatic carbocycles. The molecule has 0 aromatic heterocycles. The predicted molar refractivity (Wildman–Crippen MR) is 87.8 cm³/mol. The maximum absolute atomic E-state index is 6.34. The average Bonchev–Trinajstić information content (AvgIpc) is 2.85. The molecule has 3 rings (SSSR count). The van der Waals surface area contributed by atoms with E-state index in [1.165, 1.54) is 5.56 Å². The largest absolute Gasteiger partial charge is 0.494 e. The number of hydrogen-bond acceptors (Lipinski definition) is 3. The van der Waals surface area contributed by atoms with Crippen molar-refractivity contribution in [2.24, 2.45) is 0 Å². The van der Waals surface area contributed by atoms with Gasteiger partial charge in [0.05, 0.1) is 6.61 Å². The van der Waals surface area contributed by atoms with Gasteiger partial charge in [-0.05, 0) is 44.2 Å². The molecule has 0 bridgehead atoms. The van der Waals surface area contributed by atoms with Crippen LogP contribution < -0.4 is 4.74 Å². The van der Waals surface area contributed by atoms with Crippen LogP contribution in [0.25, 0.3) is 0 Å². The third kappa shape index (κ3) is 2.87. The molecule has 0 spiro atoms. The standard InChI is InChI=1S/C19H23NO2/c1-4-21-17-12-10-16(11-13-17)19-20(3)14(2)18(22-19)15-8-6-5-7-9-15/h5-14,18-19H,4H2,1-3H3. The van der Waals surface area contributed by atoms with E-state index in [1.54, 1.807) is 0 Å². The fourth-order valence-corrected chi connectivity index (χ4v) is 2.98. The minimum absolute atomic E-state index is 0.0177. The number of rotatable bonds is 4. The molecular weight excluding hydrogens is 274 g/mol. The second-order valence-corrected chi connectivity index (χ2v) is 5.73. The zero-order valence-electron chi connectivity index (χ0n) is 13.4. The highest BCUT2D eigenvalue weighted by molar-refractivity contribution is 5.30. The van der Waals surface area contributed by atoms with Crippen molar-refractivity contribution in [2.45, 2.75) is 32.2 Å². The van der Waals surface area contributed by atoms with Crippen LogP contribution in [0, 0.1) is 0 Å². The summed E-state index contributed by atoms with van der Waals surface area (Å²) in [4.78, 5) is 2.29. The van der Waals surface area contributed by atoms with Crippen molar-refractivity contribution in [3.8, 4) is 5.75 Å². The van der Waals surface area contributed by atoms with Gasteiger partial charge < -0.3 is 9.47 Å². The van der Waals surface area contributed by atoms with Gasteiger partial charge in [0.25, 0.3) is 0 Å². The van der Waals surface area contributed by atoms with Crippen LogP contribution in [-0.4, -0.2) is 24.6 Å². The molecule has 3 heteroatoms. The quantitative estimate of drug-likeness (QED) is 0.845. The lowest BCUT2D eigenvalue weighted by Crippen LogP contribution is -2.27. The number of nitrogens with zero attached hydrogens (tertiary/aromatic N) is 1. The van der Waals surface area contributed by atoms with Crippen molar-refractivity contribution in [1.82, 2.24) is 4.90 Å². The Balaban J connectivity index is 1.80. The Labute approximate surface area is 132 Å². The first kappa shape index (κ1) is 15.1. The van der Waals surface area contributed by atoms with Gasteiger partial charge in [0.15, 0.2) is 0 Å². The van der Waals surface area contributed by atoms with Gasteiger partial charge in [-0.1, -0.05) is 42.5 Å². The van der Waals surface area contributed by atoms with Crippen molar-refractivity contribution in [1.29, 1.82) is 0 Å². The molecule has 0 saturated carbocycles. The van der Waals surface area contributed by atoms with Gasteiger partial charge in [0.1, 0.15) is 18.1 Å². The predicted octanol–water partition coefficient (Wildman–Crippen LogP) is 4.18. The first-order valence-corrected chi connectivity index (χ1v) is 7.86. The monoisotopic (exact) mass is 297 g/mol. The Bertz CT molecular complexity index is 597. The van der Waals surface area contributed by atoms with Crippen molar-refractivity contribution in [2.75, 3.05) is 13.7 Å². The van der Waals surface area contributed by atoms with E-state index in [-0.39, 0.29) is 12.3 Å². The van der Waals surface area contributed by atoms with Crippen LogP contribution in [0.5, 0.6) is 5.75 Å².